The predicted octanol–water partition coefficient (Wildman–Crippen LogP) is 3.17. The van der Waals surface area contributed by atoms with E-state index in [1.165, 1.54) is 16.1 Å². The Labute approximate surface area is 66.6 Å². The van der Waals surface area contributed by atoms with Crippen molar-refractivity contribution in [2.75, 3.05) is 16.1 Å². The first kappa shape index (κ1) is 6.97. The Kier molecular flexibility index (Phi) is 3.79. The van der Waals surface area contributed by atoms with Crippen LogP contribution in [0.4, 0.5) is 0 Å². The van der Waals surface area contributed by atoms with Crippen LogP contribution < -0.4 is 0 Å². The lowest BCUT2D eigenvalue weighted by atomic mass is 11.0. The van der Waals surface area contributed by atoms with Gasteiger partial charge in [-0.1, -0.05) is 43.8 Å². The zero-order valence-electron chi connectivity index (χ0n) is 3.76. The molecule has 0 nitrogen and oxygen atoms in total. The molecule has 1 heterocycles. The van der Waals surface area contributed by atoms with Gasteiger partial charge in [0.1, 0.15) is 0 Å². The van der Waals surface area contributed by atoms with Crippen molar-refractivity contribution in [2.45, 2.75) is 0 Å². The van der Waals surface area contributed by atoms with E-state index < -0.39 is 0 Å². The van der Waals surface area contributed by atoms with Crippen molar-refractivity contribution in [3.63, 3.8) is 0 Å². The van der Waals surface area contributed by atoms with Gasteiger partial charge >= 0.3 is 0 Å². The molecule has 0 amide bonds. The van der Waals surface area contributed by atoms with Crippen LogP contribution in [0.25, 0.3) is 0 Å². The normalized spacial score (nSPS) is 20.1. The molecule has 0 aliphatic carbocycles. The summed E-state index contributed by atoms with van der Waals surface area (Å²) >= 11 is 2.40. The van der Waals surface area contributed by atoms with E-state index in [0.29, 0.717) is 7.12 Å². The Morgan fingerprint density at radius 3 is 2.71 bits per heavy atom. The van der Waals surface area contributed by atoms with Crippen molar-refractivity contribution in [3.8, 4) is 0 Å². The van der Waals surface area contributed by atoms with Crippen molar-refractivity contribution < 1.29 is 0 Å². The highest BCUT2D eigenvalue weighted by Gasteiger charge is 2.20. The summed E-state index contributed by atoms with van der Waals surface area (Å²) in [5, 5.41) is 0. The molecular weight excluding hydrogens is 258 g/mol. The van der Waals surface area contributed by atoms with Crippen LogP contribution in [0, 0.1) is 0 Å². The van der Waals surface area contributed by atoms with Crippen molar-refractivity contribution in [2.24, 2.45) is 0 Å². The monoisotopic (exact) mass is 264 g/mol. The summed E-state index contributed by atoms with van der Waals surface area (Å²) in [5.74, 6) is 0. The average Bonchev–Trinajstić information content (AvgIpc) is 2.42. The summed E-state index contributed by atoms with van der Waals surface area (Å²) in [4.78, 5) is 0. The van der Waals surface area contributed by atoms with Crippen LogP contribution in [-0.4, -0.2) is 16.1 Å². The molecule has 4 heteroatoms. The molecule has 0 aromatic rings. The van der Waals surface area contributed by atoms with E-state index in [1.807, 2.05) is 10.8 Å². The molecule has 1 aliphatic heterocycles. The van der Waals surface area contributed by atoms with Gasteiger partial charge in [-0.2, -0.15) is 0 Å². The smallest absolute Gasteiger partial charge is 0.0561 e. The first-order chi connectivity index (χ1) is 3.43. The molecule has 0 N–H and O–H groups in total. The SMILES string of the molecule is ICSSP1CC1. The van der Waals surface area contributed by atoms with Crippen molar-refractivity contribution >= 4 is 50.9 Å². The van der Waals surface area contributed by atoms with Crippen molar-refractivity contribution in [1.29, 1.82) is 0 Å². The maximum Gasteiger partial charge on any atom is 0.0561 e. The molecule has 0 aromatic heterocycles. The molecule has 42 valence electrons. The third-order valence-corrected chi connectivity index (χ3v) is 9.27. The van der Waals surface area contributed by atoms with Crippen LogP contribution in [0.5, 0.6) is 0 Å². The molecule has 0 atom stereocenters. The summed E-state index contributed by atoms with van der Waals surface area (Å²) in [5.41, 5.74) is 0. The van der Waals surface area contributed by atoms with Gasteiger partial charge in [0.05, 0.1) is 3.76 Å². The van der Waals surface area contributed by atoms with E-state index in [4.69, 9.17) is 0 Å². The van der Waals surface area contributed by atoms with Gasteiger partial charge in [0, 0.05) is 0 Å². The summed E-state index contributed by atoms with van der Waals surface area (Å²) in [6, 6.07) is 0. The third kappa shape index (κ3) is 3.44. The van der Waals surface area contributed by atoms with E-state index in [9.17, 15) is 0 Å². The van der Waals surface area contributed by atoms with E-state index in [2.05, 4.69) is 33.0 Å². The average molecular weight is 264 g/mol. The molecule has 1 fully saturated rings. The van der Waals surface area contributed by atoms with E-state index >= 15 is 0 Å². The minimum atomic E-state index is 0.518. The molecule has 0 saturated carbocycles. The number of alkyl halides is 1. The predicted molar refractivity (Wildman–Crippen MR) is 50.7 cm³/mol. The third-order valence-electron chi connectivity index (χ3n) is 0.609. The minimum Gasteiger partial charge on any atom is -0.0789 e. The zero-order valence-corrected chi connectivity index (χ0v) is 8.45. The van der Waals surface area contributed by atoms with Crippen LogP contribution in [0.2, 0.25) is 0 Å². The fourth-order valence-electron chi connectivity index (χ4n) is 0.210. The number of rotatable bonds is 3. The maximum absolute atomic E-state index is 2.40. The largest absolute Gasteiger partial charge is 0.0789 e. The highest BCUT2D eigenvalue weighted by molar-refractivity contribution is 14.1. The van der Waals surface area contributed by atoms with Gasteiger partial charge in [-0.25, -0.2) is 0 Å². The van der Waals surface area contributed by atoms with Gasteiger partial charge in [0.2, 0.25) is 0 Å². The second kappa shape index (κ2) is 3.80. The minimum absolute atomic E-state index is 0.518. The van der Waals surface area contributed by atoms with E-state index in [1.54, 1.807) is 0 Å². The Bertz CT molecular complexity index is 56.9. The first-order valence-electron chi connectivity index (χ1n) is 2.04. The number of hydrogen-bond acceptors (Lipinski definition) is 2. The Balaban J connectivity index is 1.80. The van der Waals surface area contributed by atoms with E-state index in [-0.39, 0.29) is 0 Å². The highest BCUT2D eigenvalue weighted by Crippen LogP contribution is 2.66. The molecular formula is C3H6IPS2. The standard InChI is InChI=1S/C3H6IPS2/c4-3-6-7-5-1-2-5/h1-3H2. The van der Waals surface area contributed by atoms with Gasteiger partial charge in [-0.15, -0.1) is 0 Å². The summed E-state index contributed by atoms with van der Waals surface area (Å²) < 4.78 is 1.25. The lowest BCUT2D eigenvalue weighted by molar-refractivity contribution is 1.75. The summed E-state index contributed by atoms with van der Waals surface area (Å²) in [6.45, 7) is 0. The Hall–Kier alpha value is 1.86. The molecule has 1 rings (SSSR count). The van der Waals surface area contributed by atoms with Crippen LogP contribution in [0.3, 0.4) is 0 Å². The topological polar surface area (TPSA) is 0 Å². The van der Waals surface area contributed by atoms with Gasteiger partial charge in [0.25, 0.3) is 0 Å². The van der Waals surface area contributed by atoms with Gasteiger partial charge < -0.3 is 0 Å². The van der Waals surface area contributed by atoms with Crippen LogP contribution in [0.15, 0.2) is 0 Å². The molecule has 0 spiro atoms. The van der Waals surface area contributed by atoms with Gasteiger partial charge in [-0.3, -0.25) is 0 Å². The lowest BCUT2D eigenvalue weighted by Crippen LogP contribution is -1.41. The summed E-state index contributed by atoms with van der Waals surface area (Å²) in [7, 11) is 4.65. The molecule has 0 unspecified atom stereocenters. The lowest BCUT2D eigenvalue weighted by Gasteiger charge is -1.87. The summed E-state index contributed by atoms with van der Waals surface area (Å²) in [6.07, 6.45) is 3.06. The Morgan fingerprint density at radius 1 is 1.57 bits per heavy atom. The second-order valence-electron chi connectivity index (χ2n) is 1.23. The van der Waals surface area contributed by atoms with Crippen LogP contribution in [-0.2, 0) is 0 Å². The first-order valence-corrected chi connectivity index (χ1v) is 8.20. The molecule has 1 saturated heterocycles. The fraction of sp³-hybridized carbons (Fsp3) is 1.00. The Morgan fingerprint density at radius 2 is 2.29 bits per heavy atom. The molecule has 0 bridgehead atoms. The highest BCUT2D eigenvalue weighted by atomic mass is 127. The van der Waals surface area contributed by atoms with Crippen LogP contribution >= 0.6 is 50.9 Å². The number of halogens is 1. The molecule has 7 heavy (non-hydrogen) atoms. The van der Waals surface area contributed by atoms with Gasteiger partial charge in [-0.05, 0) is 19.4 Å². The quantitative estimate of drug-likeness (QED) is 0.332. The van der Waals surface area contributed by atoms with Gasteiger partial charge in [0.15, 0.2) is 0 Å². The zero-order chi connectivity index (χ0) is 5.11. The van der Waals surface area contributed by atoms with Crippen molar-refractivity contribution in [1.82, 2.24) is 0 Å². The van der Waals surface area contributed by atoms with E-state index in [0.717, 1.165) is 0 Å². The molecule has 0 radical (unpaired) electrons. The maximum atomic E-state index is 2.40. The second-order valence-corrected chi connectivity index (χ2v) is 9.61. The number of hydrogen-bond donors (Lipinski definition) is 0. The molecule has 0 aromatic carbocycles. The molecule has 1 aliphatic rings. The van der Waals surface area contributed by atoms with Crippen molar-refractivity contribution in [3.05, 3.63) is 0 Å². The van der Waals surface area contributed by atoms with Crippen LogP contribution in [0.1, 0.15) is 0 Å². The fourth-order valence-corrected chi connectivity index (χ4v) is 8.74.